The highest BCUT2D eigenvalue weighted by Crippen LogP contribution is 2.12. The van der Waals surface area contributed by atoms with Crippen LogP contribution in [0.4, 0.5) is 0 Å². The number of aromatic amines is 1. The van der Waals surface area contributed by atoms with E-state index in [4.69, 9.17) is 11.6 Å². The van der Waals surface area contributed by atoms with E-state index in [2.05, 4.69) is 20.5 Å². The van der Waals surface area contributed by atoms with Crippen LogP contribution < -0.4 is 5.32 Å². The van der Waals surface area contributed by atoms with Crippen LogP contribution in [-0.2, 0) is 17.8 Å². The number of nitrogens with zero attached hydrogens (tertiary/aromatic N) is 2. The SMILES string of the molecule is Cc1nc(CNC(=O)CCc2cccc(Cl)c2)n[nH]1. The van der Waals surface area contributed by atoms with E-state index in [1.165, 1.54) is 0 Å². The van der Waals surface area contributed by atoms with E-state index in [0.29, 0.717) is 30.2 Å². The second-order valence-corrected chi connectivity index (χ2v) is 4.68. The van der Waals surface area contributed by atoms with Crippen LogP contribution in [0.1, 0.15) is 23.6 Å². The molecule has 0 fully saturated rings. The zero-order valence-electron chi connectivity index (χ0n) is 10.6. The summed E-state index contributed by atoms with van der Waals surface area (Å²) in [6.45, 7) is 2.16. The van der Waals surface area contributed by atoms with E-state index >= 15 is 0 Å². The lowest BCUT2D eigenvalue weighted by Gasteiger charge is -2.03. The van der Waals surface area contributed by atoms with E-state index in [0.717, 1.165) is 11.4 Å². The molecule has 2 N–H and O–H groups in total. The number of aryl methyl sites for hydroxylation is 2. The molecule has 100 valence electrons. The van der Waals surface area contributed by atoms with Crippen molar-refractivity contribution in [3.63, 3.8) is 0 Å². The minimum Gasteiger partial charge on any atom is -0.349 e. The number of carbonyl (C=O) groups excluding carboxylic acids is 1. The van der Waals surface area contributed by atoms with Crippen molar-refractivity contribution in [3.05, 3.63) is 46.5 Å². The molecule has 2 aromatic rings. The molecular weight excluding hydrogens is 264 g/mol. The number of rotatable bonds is 5. The van der Waals surface area contributed by atoms with Gasteiger partial charge in [-0.25, -0.2) is 4.98 Å². The monoisotopic (exact) mass is 278 g/mol. The maximum atomic E-state index is 11.7. The van der Waals surface area contributed by atoms with E-state index in [1.807, 2.05) is 31.2 Å². The summed E-state index contributed by atoms with van der Waals surface area (Å²) in [5, 5.41) is 10.1. The minimum absolute atomic E-state index is 0.0255. The number of nitrogens with one attached hydrogen (secondary N) is 2. The number of H-pyrrole nitrogens is 1. The molecule has 0 atom stereocenters. The molecule has 1 heterocycles. The summed E-state index contributed by atoms with van der Waals surface area (Å²) in [5.41, 5.74) is 1.05. The molecule has 0 saturated carbocycles. The molecule has 6 heteroatoms. The van der Waals surface area contributed by atoms with Gasteiger partial charge in [0.15, 0.2) is 5.82 Å². The lowest BCUT2D eigenvalue weighted by atomic mass is 10.1. The standard InChI is InChI=1S/C13H15ClN4O/c1-9-16-12(18-17-9)8-15-13(19)6-5-10-3-2-4-11(14)7-10/h2-4,7H,5-6,8H2,1H3,(H,15,19)(H,16,17,18). The Labute approximate surface area is 116 Å². The highest BCUT2D eigenvalue weighted by atomic mass is 35.5. The van der Waals surface area contributed by atoms with Crippen molar-refractivity contribution in [2.45, 2.75) is 26.3 Å². The van der Waals surface area contributed by atoms with Gasteiger partial charge >= 0.3 is 0 Å². The second kappa shape index (κ2) is 6.33. The molecule has 0 unspecified atom stereocenters. The normalized spacial score (nSPS) is 10.4. The van der Waals surface area contributed by atoms with Crippen molar-refractivity contribution in [2.24, 2.45) is 0 Å². The lowest BCUT2D eigenvalue weighted by Crippen LogP contribution is -2.23. The average molecular weight is 279 g/mol. The molecule has 0 bridgehead atoms. The van der Waals surface area contributed by atoms with Crippen molar-refractivity contribution < 1.29 is 4.79 Å². The van der Waals surface area contributed by atoms with Gasteiger partial charge < -0.3 is 5.32 Å². The van der Waals surface area contributed by atoms with Gasteiger partial charge in [0.25, 0.3) is 0 Å². The molecule has 0 saturated heterocycles. The first-order valence-corrected chi connectivity index (χ1v) is 6.40. The fraction of sp³-hybridized carbons (Fsp3) is 0.308. The smallest absolute Gasteiger partial charge is 0.220 e. The van der Waals surface area contributed by atoms with Crippen LogP contribution in [0.3, 0.4) is 0 Å². The first-order chi connectivity index (χ1) is 9.13. The molecule has 0 spiro atoms. The quantitative estimate of drug-likeness (QED) is 0.879. The fourth-order valence-electron chi connectivity index (χ4n) is 1.68. The number of hydrogen-bond donors (Lipinski definition) is 2. The number of hydrogen-bond acceptors (Lipinski definition) is 3. The predicted octanol–water partition coefficient (Wildman–Crippen LogP) is 2.02. The van der Waals surface area contributed by atoms with Crippen molar-refractivity contribution in [3.8, 4) is 0 Å². The van der Waals surface area contributed by atoms with Crippen LogP contribution >= 0.6 is 11.6 Å². The summed E-state index contributed by atoms with van der Waals surface area (Å²) in [6, 6.07) is 7.52. The zero-order chi connectivity index (χ0) is 13.7. The molecule has 0 aliphatic carbocycles. The van der Waals surface area contributed by atoms with Gasteiger partial charge in [-0.1, -0.05) is 23.7 Å². The van der Waals surface area contributed by atoms with Crippen LogP contribution in [0.15, 0.2) is 24.3 Å². The number of amides is 1. The highest BCUT2D eigenvalue weighted by molar-refractivity contribution is 6.30. The fourth-order valence-corrected chi connectivity index (χ4v) is 1.90. The van der Waals surface area contributed by atoms with Crippen LogP contribution in [0.25, 0.3) is 0 Å². The molecule has 0 aliphatic heterocycles. The molecule has 1 amide bonds. The first kappa shape index (κ1) is 13.5. The minimum atomic E-state index is -0.0255. The predicted molar refractivity (Wildman–Crippen MR) is 72.7 cm³/mol. The Hall–Kier alpha value is -1.88. The van der Waals surface area contributed by atoms with Crippen molar-refractivity contribution >= 4 is 17.5 Å². The van der Waals surface area contributed by atoms with Gasteiger partial charge in [-0.3, -0.25) is 9.89 Å². The molecule has 19 heavy (non-hydrogen) atoms. The summed E-state index contributed by atoms with van der Waals surface area (Å²) >= 11 is 5.88. The summed E-state index contributed by atoms with van der Waals surface area (Å²) < 4.78 is 0. The van der Waals surface area contributed by atoms with Gasteiger partial charge in [-0.05, 0) is 31.0 Å². The molecule has 0 radical (unpaired) electrons. The Bertz CT molecular complexity index is 567. The Kier molecular flexibility index (Phi) is 4.52. The number of carbonyl (C=O) groups is 1. The average Bonchev–Trinajstić information content (AvgIpc) is 2.80. The topological polar surface area (TPSA) is 70.7 Å². The van der Waals surface area contributed by atoms with Gasteiger partial charge in [-0.15, -0.1) is 0 Å². The van der Waals surface area contributed by atoms with Gasteiger partial charge in [0.2, 0.25) is 5.91 Å². The van der Waals surface area contributed by atoms with Crippen molar-refractivity contribution in [2.75, 3.05) is 0 Å². The number of aromatic nitrogens is 3. The van der Waals surface area contributed by atoms with E-state index < -0.39 is 0 Å². The van der Waals surface area contributed by atoms with Crippen molar-refractivity contribution in [1.82, 2.24) is 20.5 Å². The summed E-state index contributed by atoms with van der Waals surface area (Å²) in [7, 11) is 0. The summed E-state index contributed by atoms with van der Waals surface area (Å²) in [5.74, 6) is 1.30. The Balaban J connectivity index is 1.75. The molecular formula is C13H15ClN4O. The van der Waals surface area contributed by atoms with Gasteiger partial charge in [0.05, 0.1) is 6.54 Å². The van der Waals surface area contributed by atoms with Crippen LogP contribution in [0, 0.1) is 6.92 Å². The van der Waals surface area contributed by atoms with Crippen molar-refractivity contribution in [1.29, 1.82) is 0 Å². The van der Waals surface area contributed by atoms with E-state index in [-0.39, 0.29) is 5.91 Å². The van der Waals surface area contributed by atoms with Gasteiger partial charge in [0.1, 0.15) is 5.82 Å². The van der Waals surface area contributed by atoms with Gasteiger partial charge in [0, 0.05) is 11.4 Å². The van der Waals surface area contributed by atoms with Crippen LogP contribution in [0.5, 0.6) is 0 Å². The zero-order valence-corrected chi connectivity index (χ0v) is 11.4. The number of benzene rings is 1. The third kappa shape index (κ3) is 4.37. The molecule has 1 aromatic heterocycles. The van der Waals surface area contributed by atoms with E-state index in [1.54, 1.807) is 0 Å². The highest BCUT2D eigenvalue weighted by Gasteiger charge is 2.05. The van der Waals surface area contributed by atoms with Crippen LogP contribution in [0.2, 0.25) is 5.02 Å². The molecule has 1 aromatic carbocycles. The third-order valence-corrected chi connectivity index (χ3v) is 2.85. The maximum Gasteiger partial charge on any atom is 0.220 e. The third-order valence-electron chi connectivity index (χ3n) is 2.62. The maximum absolute atomic E-state index is 11.7. The Morgan fingerprint density at radius 3 is 3.00 bits per heavy atom. The molecule has 2 rings (SSSR count). The largest absolute Gasteiger partial charge is 0.349 e. The Morgan fingerprint density at radius 2 is 2.32 bits per heavy atom. The number of halogens is 1. The summed E-state index contributed by atoms with van der Waals surface area (Å²) in [4.78, 5) is 15.8. The second-order valence-electron chi connectivity index (χ2n) is 4.24. The van der Waals surface area contributed by atoms with E-state index in [9.17, 15) is 4.79 Å². The Morgan fingerprint density at radius 1 is 1.47 bits per heavy atom. The first-order valence-electron chi connectivity index (χ1n) is 6.02. The molecule has 0 aliphatic rings. The molecule has 5 nitrogen and oxygen atoms in total. The summed E-state index contributed by atoms with van der Waals surface area (Å²) in [6.07, 6.45) is 1.09. The van der Waals surface area contributed by atoms with Crippen LogP contribution in [-0.4, -0.2) is 21.1 Å². The lowest BCUT2D eigenvalue weighted by molar-refractivity contribution is -0.121. The van der Waals surface area contributed by atoms with Gasteiger partial charge in [-0.2, -0.15) is 5.10 Å².